The highest BCUT2D eigenvalue weighted by Gasteiger charge is 2.39. The number of morpholine rings is 1. The molecule has 12 rings (SSSR count). The fourth-order valence-electron chi connectivity index (χ4n) is 13.9. The van der Waals surface area contributed by atoms with Crippen molar-refractivity contribution in [3.63, 3.8) is 0 Å². The molecule has 0 amide bonds. The van der Waals surface area contributed by atoms with Crippen LogP contribution in [0, 0.1) is 27.1 Å². The average Bonchev–Trinajstić information content (AvgIpc) is 3.98. The number of piperidine rings is 5. The van der Waals surface area contributed by atoms with Gasteiger partial charge in [-0.25, -0.2) is 0 Å². The fraction of sp³-hybridized carbons (Fsp3) is 1.00. The predicted molar refractivity (Wildman–Crippen MR) is 282 cm³/mol. The highest BCUT2D eigenvalue weighted by Crippen LogP contribution is 2.44. The predicted octanol–water partition coefficient (Wildman–Crippen LogP) is 8.52. The van der Waals surface area contributed by atoms with Gasteiger partial charge in [-0.15, -0.1) is 0 Å². The molecule has 0 aromatic carbocycles. The number of ether oxygens (including phenoxy) is 1. The monoisotopic (exact) mass is 916 g/mol. The first-order valence-corrected chi connectivity index (χ1v) is 27.5. The molecule has 3 aliphatic carbocycles. The van der Waals surface area contributed by atoms with Crippen LogP contribution in [-0.2, 0) is 4.74 Å². The Kier molecular flexibility index (Phi) is 26.1. The number of nitrogens with one attached hydrogen (secondary N) is 9. The molecule has 12 fully saturated rings. The molecular formula is C55H113N9O. The zero-order valence-corrected chi connectivity index (χ0v) is 40.4. The van der Waals surface area contributed by atoms with Crippen LogP contribution in [0.5, 0.6) is 0 Å². The van der Waals surface area contributed by atoms with Crippen LogP contribution in [0.2, 0.25) is 0 Å². The minimum absolute atomic E-state index is 0. The van der Waals surface area contributed by atoms with E-state index >= 15 is 0 Å². The van der Waals surface area contributed by atoms with Gasteiger partial charge in [0.05, 0.1) is 12.2 Å². The molecule has 0 bridgehead atoms. The van der Waals surface area contributed by atoms with Crippen LogP contribution >= 0.6 is 0 Å². The third-order valence-electron chi connectivity index (χ3n) is 18.6. The first kappa shape index (κ1) is 57.2. The molecule has 10 nitrogen and oxygen atoms in total. The number of hydrogen-bond acceptors (Lipinski definition) is 10. The summed E-state index contributed by atoms with van der Waals surface area (Å²) in [6.45, 7) is 22.9. The van der Waals surface area contributed by atoms with Gasteiger partial charge in [-0.2, -0.15) is 0 Å². The van der Waals surface area contributed by atoms with E-state index in [4.69, 9.17) is 4.74 Å². The molecule has 10 heteroatoms. The molecule has 65 heavy (non-hydrogen) atoms. The van der Waals surface area contributed by atoms with Crippen LogP contribution in [-0.4, -0.2) is 130 Å². The molecule has 3 saturated carbocycles. The molecule has 9 saturated heterocycles. The van der Waals surface area contributed by atoms with Crippen molar-refractivity contribution in [1.82, 2.24) is 47.9 Å². The Hall–Kier alpha value is -0.400. The smallest absolute Gasteiger partial charge is 0.0831 e. The van der Waals surface area contributed by atoms with E-state index in [1.807, 2.05) is 0 Å². The van der Waals surface area contributed by atoms with Gasteiger partial charge in [0.15, 0.2) is 0 Å². The summed E-state index contributed by atoms with van der Waals surface area (Å²) in [6.07, 6.45) is 39.0. The molecule has 9 aliphatic heterocycles. The zero-order valence-electron chi connectivity index (χ0n) is 40.4. The third kappa shape index (κ3) is 18.1. The Balaban J connectivity index is 0.000000169. The van der Waals surface area contributed by atoms with Gasteiger partial charge in [0.1, 0.15) is 0 Å². The van der Waals surface area contributed by atoms with E-state index in [2.05, 4.69) is 47.9 Å². The SMILES string of the molecule is C.C.C.C1CC2(CCN1)CCNC2.C1CC2(CCN1)CNC2.C1CC2(CCN1)CNCCO2.C1CCC2(CC1)CCCNC2.C1CCC2(CC1)CCNC2.C1CCC2(CC1)CCNCC2. The normalized spacial score (nSPS) is 29.5. The maximum Gasteiger partial charge on any atom is 0.0831 e. The second-order valence-corrected chi connectivity index (χ2v) is 23.1. The van der Waals surface area contributed by atoms with E-state index in [-0.39, 0.29) is 27.9 Å². The summed E-state index contributed by atoms with van der Waals surface area (Å²) in [7, 11) is 0. The fourth-order valence-corrected chi connectivity index (χ4v) is 13.9. The van der Waals surface area contributed by atoms with Gasteiger partial charge in [-0.1, -0.05) is 80.1 Å². The van der Waals surface area contributed by atoms with Crippen molar-refractivity contribution in [3.05, 3.63) is 0 Å². The second-order valence-electron chi connectivity index (χ2n) is 23.1. The molecule has 0 aromatic rings. The van der Waals surface area contributed by atoms with Crippen LogP contribution in [0.1, 0.15) is 196 Å². The molecule has 12 aliphatic rings. The molecule has 384 valence electrons. The molecule has 0 aromatic heterocycles. The van der Waals surface area contributed by atoms with E-state index in [1.54, 1.807) is 0 Å². The standard InChI is InChI=1S/2C10H19N.C9H17N.C8H16N2O.C8H16N2.C7H14N2.3CH4/c1-2-5-10(6-3-1)7-4-8-11-9-10;1-2-4-10(5-3-1)6-8-11-9-7-10;1-2-4-9(5-3-1)6-7-10-8-9;1-3-9-4-2-8(1)7-10-5-6-11-8;1-4-9-5-2-8(1)3-6-10-7-8;1-3-8-4-2-7(1)5-9-6-7;;;/h2*11H,1-9H2;10H,1-8H2;9-10H,1-7H2;9-10H,1-7H2;8-9H,1-6H2;3*1H4. The van der Waals surface area contributed by atoms with Gasteiger partial charge in [0, 0.05) is 45.8 Å². The first-order valence-electron chi connectivity index (χ1n) is 27.5. The second kappa shape index (κ2) is 29.7. The van der Waals surface area contributed by atoms with Crippen molar-refractivity contribution in [3.8, 4) is 0 Å². The van der Waals surface area contributed by atoms with Crippen molar-refractivity contribution in [2.45, 2.75) is 201 Å². The lowest BCUT2D eigenvalue weighted by atomic mass is 9.68. The minimum Gasteiger partial charge on any atom is -0.372 e. The zero-order chi connectivity index (χ0) is 42.6. The molecule has 6 spiro atoms. The van der Waals surface area contributed by atoms with E-state index < -0.39 is 0 Å². The van der Waals surface area contributed by atoms with Crippen LogP contribution in [0.4, 0.5) is 0 Å². The highest BCUT2D eigenvalue weighted by molar-refractivity contribution is 4.96. The summed E-state index contributed by atoms with van der Waals surface area (Å²) in [5, 5.41) is 30.8. The molecule has 9 N–H and O–H groups in total. The van der Waals surface area contributed by atoms with E-state index in [1.165, 1.54) is 265 Å². The van der Waals surface area contributed by atoms with Gasteiger partial charge in [-0.05, 0) is 215 Å². The maximum absolute atomic E-state index is 5.80. The van der Waals surface area contributed by atoms with Crippen molar-refractivity contribution in [2.75, 3.05) is 124 Å². The van der Waals surface area contributed by atoms with Crippen LogP contribution in [0.15, 0.2) is 0 Å². The Morgan fingerprint density at radius 2 is 0.523 bits per heavy atom. The summed E-state index contributed by atoms with van der Waals surface area (Å²) < 4.78 is 5.80. The first-order chi connectivity index (χ1) is 30.5. The maximum atomic E-state index is 5.80. The Morgan fingerprint density at radius 3 is 0.877 bits per heavy atom. The molecule has 9 heterocycles. The molecular weight excluding hydrogens is 803 g/mol. The van der Waals surface area contributed by atoms with Gasteiger partial charge in [0.2, 0.25) is 0 Å². The minimum atomic E-state index is 0. The molecule has 0 unspecified atom stereocenters. The summed E-state index contributed by atoms with van der Waals surface area (Å²) in [5.74, 6) is 0. The van der Waals surface area contributed by atoms with Gasteiger partial charge >= 0.3 is 0 Å². The number of rotatable bonds is 0. The van der Waals surface area contributed by atoms with Crippen LogP contribution < -0.4 is 47.9 Å². The third-order valence-corrected chi connectivity index (χ3v) is 18.6. The lowest BCUT2D eigenvalue weighted by Crippen LogP contribution is -2.57. The summed E-state index contributed by atoms with van der Waals surface area (Å²) in [6, 6.07) is 0. The Bertz CT molecular complexity index is 993. The largest absolute Gasteiger partial charge is 0.372 e. The molecule has 0 atom stereocenters. The lowest BCUT2D eigenvalue weighted by molar-refractivity contribution is -0.0832. The summed E-state index contributed by atoms with van der Waals surface area (Å²) in [4.78, 5) is 0. The van der Waals surface area contributed by atoms with Crippen molar-refractivity contribution in [2.24, 2.45) is 27.1 Å². The van der Waals surface area contributed by atoms with Crippen molar-refractivity contribution in [1.29, 1.82) is 0 Å². The van der Waals surface area contributed by atoms with Crippen molar-refractivity contribution >= 4 is 0 Å². The van der Waals surface area contributed by atoms with Crippen LogP contribution in [0.25, 0.3) is 0 Å². The van der Waals surface area contributed by atoms with E-state index in [9.17, 15) is 0 Å². The number of hydrogen-bond donors (Lipinski definition) is 9. The average molecular weight is 917 g/mol. The van der Waals surface area contributed by atoms with Gasteiger partial charge < -0.3 is 52.6 Å². The lowest BCUT2D eigenvalue weighted by Gasteiger charge is -2.45. The van der Waals surface area contributed by atoms with Gasteiger partial charge in [-0.3, -0.25) is 0 Å². The topological polar surface area (TPSA) is 118 Å². The summed E-state index contributed by atoms with van der Waals surface area (Å²) in [5.41, 5.74) is 3.91. The highest BCUT2D eigenvalue weighted by atomic mass is 16.5. The van der Waals surface area contributed by atoms with Gasteiger partial charge in [0.25, 0.3) is 0 Å². The van der Waals surface area contributed by atoms with E-state index in [0.29, 0.717) is 5.41 Å². The van der Waals surface area contributed by atoms with Crippen molar-refractivity contribution < 1.29 is 4.74 Å². The Labute approximate surface area is 403 Å². The quantitative estimate of drug-likeness (QED) is 0.117. The summed E-state index contributed by atoms with van der Waals surface area (Å²) >= 11 is 0. The molecule has 0 radical (unpaired) electrons. The van der Waals surface area contributed by atoms with E-state index in [0.717, 1.165) is 54.4 Å². The Morgan fingerprint density at radius 1 is 0.215 bits per heavy atom. The van der Waals surface area contributed by atoms with Crippen LogP contribution in [0.3, 0.4) is 0 Å².